The van der Waals surface area contributed by atoms with Gasteiger partial charge in [0.25, 0.3) is 5.91 Å². The molecular weight excluding hydrogens is 542 g/mol. The molecule has 1 aromatic heterocycles. The standard InChI is InChI=1S/C31H37N3O6S/c1-21-19-33(25-10-13-32(14-11-25)31(35)28-12-17-38-23(28)3)15-16-34(21)22(2)24-4-6-26(7-5-24)41(36,37)27-8-9-29-30(18-27)40-20-39-29/h4-9,12,17-18,21-22,25H,10-11,13-16,19-20H2,1-3H3/t21-,22+/m1/s1. The van der Waals surface area contributed by atoms with Crippen molar-refractivity contribution in [2.75, 3.05) is 39.5 Å². The molecule has 10 heteroatoms. The van der Waals surface area contributed by atoms with E-state index in [2.05, 4.69) is 23.6 Å². The van der Waals surface area contributed by atoms with Gasteiger partial charge in [-0.15, -0.1) is 0 Å². The highest BCUT2D eigenvalue weighted by Gasteiger charge is 2.34. The van der Waals surface area contributed by atoms with Crippen LogP contribution >= 0.6 is 0 Å². The highest BCUT2D eigenvalue weighted by Crippen LogP contribution is 2.36. The number of furan rings is 1. The maximum absolute atomic E-state index is 13.2. The highest BCUT2D eigenvalue weighted by atomic mass is 32.2. The average Bonchev–Trinajstić information content (AvgIpc) is 3.65. The third kappa shape index (κ3) is 5.36. The number of piperidine rings is 1. The van der Waals surface area contributed by atoms with E-state index >= 15 is 0 Å². The van der Waals surface area contributed by atoms with Crippen LogP contribution in [0.25, 0.3) is 0 Å². The zero-order valence-corrected chi connectivity index (χ0v) is 24.6. The molecule has 0 bridgehead atoms. The van der Waals surface area contributed by atoms with Crippen molar-refractivity contribution < 1.29 is 27.1 Å². The predicted molar refractivity (Wildman–Crippen MR) is 153 cm³/mol. The first-order valence-corrected chi connectivity index (χ1v) is 15.8. The fraction of sp³-hybridized carbons (Fsp3) is 0.452. The number of rotatable bonds is 6. The van der Waals surface area contributed by atoms with Crippen LogP contribution in [-0.2, 0) is 9.84 Å². The van der Waals surface area contributed by atoms with Gasteiger partial charge in [-0.25, -0.2) is 8.42 Å². The number of fused-ring (bicyclic) bond motifs is 1. The van der Waals surface area contributed by atoms with Gasteiger partial charge in [0.05, 0.1) is 21.6 Å². The molecule has 4 heterocycles. The zero-order valence-electron chi connectivity index (χ0n) is 23.8. The van der Waals surface area contributed by atoms with Crippen molar-refractivity contribution in [1.29, 1.82) is 0 Å². The normalized spacial score (nSPS) is 21.2. The van der Waals surface area contributed by atoms with Crippen LogP contribution in [0.15, 0.2) is 69.0 Å². The molecule has 41 heavy (non-hydrogen) atoms. The Labute approximate surface area is 241 Å². The molecule has 2 aromatic carbocycles. The number of likely N-dealkylation sites (tertiary alicyclic amines) is 1. The third-order valence-corrected chi connectivity index (χ3v) is 10.7. The molecule has 9 nitrogen and oxygen atoms in total. The van der Waals surface area contributed by atoms with Crippen molar-refractivity contribution in [2.24, 2.45) is 0 Å². The van der Waals surface area contributed by atoms with Crippen LogP contribution < -0.4 is 9.47 Å². The fourth-order valence-electron chi connectivity index (χ4n) is 6.42. The quantitative estimate of drug-likeness (QED) is 0.421. The maximum Gasteiger partial charge on any atom is 0.257 e. The van der Waals surface area contributed by atoms with Crippen LogP contribution in [0.1, 0.15) is 54.4 Å². The number of hydrogen-bond donors (Lipinski definition) is 0. The summed E-state index contributed by atoms with van der Waals surface area (Å²) in [5.41, 5.74) is 1.76. The van der Waals surface area contributed by atoms with Gasteiger partial charge < -0.3 is 18.8 Å². The summed E-state index contributed by atoms with van der Waals surface area (Å²) in [6.45, 7) is 10.8. The molecule has 6 rings (SSSR count). The van der Waals surface area contributed by atoms with Crippen LogP contribution in [0.4, 0.5) is 0 Å². The lowest BCUT2D eigenvalue weighted by Gasteiger charge is -2.47. The minimum atomic E-state index is -3.67. The van der Waals surface area contributed by atoms with E-state index in [4.69, 9.17) is 13.9 Å². The molecule has 0 unspecified atom stereocenters. The van der Waals surface area contributed by atoms with Crippen molar-refractivity contribution in [3.8, 4) is 11.5 Å². The number of ether oxygens (including phenoxy) is 2. The Morgan fingerprint density at radius 2 is 1.63 bits per heavy atom. The number of piperazine rings is 1. The van der Waals surface area contributed by atoms with E-state index in [0.717, 1.165) is 51.1 Å². The number of carbonyl (C=O) groups is 1. The van der Waals surface area contributed by atoms with Crippen molar-refractivity contribution in [3.63, 3.8) is 0 Å². The second-order valence-electron chi connectivity index (χ2n) is 11.3. The summed E-state index contributed by atoms with van der Waals surface area (Å²) in [7, 11) is -3.67. The molecule has 3 aliphatic heterocycles. The molecule has 0 saturated carbocycles. The van der Waals surface area contributed by atoms with Crippen LogP contribution in [0, 0.1) is 6.92 Å². The Bertz CT molecular complexity index is 1510. The Hall–Kier alpha value is -3.34. The van der Waals surface area contributed by atoms with Gasteiger partial charge in [-0.05, 0) is 69.5 Å². The minimum absolute atomic E-state index is 0.0661. The number of sulfone groups is 1. The summed E-state index contributed by atoms with van der Waals surface area (Å²) in [4.78, 5) is 20.3. The van der Waals surface area contributed by atoms with E-state index in [1.807, 2.05) is 24.0 Å². The molecule has 0 spiro atoms. The lowest BCUT2D eigenvalue weighted by Crippen LogP contribution is -2.57. The molecule has 2 fully saturated rings. The van der Waals surface area contributed by atoms with E-state index in [0.29, 0.717) is 34.9 Å². The van der Waals surface area contributed by atoms with Gasteiger partial charge in [0.1, 0.15) is 5.76 Å². The molecule has 0 radical (unpaired) electrons. The second-order valence-corrected chi connectivity index (χ2v) is 13.2. The van der Waals surface area contributed by atoms with E-state index in [-0.39, 0.29) is 28.5 Å². The average molecular weight is 580 g/mol. The monoisotopic (exact) mass is 579 g/mol. The number of amides is 1. The van der Waals surface area contributed by atoms with Gasteiger partial charge in [0, 0.05) is 56.9 Å². The third-order valence-electron chi connectivity index (χ3n) is 8.89. The number of nitrogens with zero attached hydrogens (tertiary/aromatic N) is 3. The molecule has 0 N–H and O–H groups in total. The number of hydrogen-bond acceptors (Lipinski definition) is 8. The van der Waals surface area contributed by atoms with Crippen LogP contribution in [0.2, 0.25) is 0 Å². The van der Waals surface area contributed by atoms with Gasteiger partial charge in [-0.3, -0.25) is 14.6 Å². The van der Waals surface area contributed by atoms with Gasteiger partial charge >= 0.3 is 0 Å². The van der Waals surface area contributed by atoms with E-state index < -0.39 is 9.84 Å². The SMILES string of the molecule is Cc1occc1C(=O)N1CCC(N2CCN([C@@H](C)c3ccc(S(=O)(=O)c4ccc5c(c4)OCO5)cc3)[C@H](C)C2)CC1. The molecule has 3 aliphatic rings. The second kappa shape index (κ2) is 11.2. The Morgan fingerprint density at radius 1 is 0.927 bits per heavy atom. The lowest BCUT2D eigenvalue weighted by molar-refractivity contribution is 0.0135. The zero-order chi connectivity index (χ0) is 28.7. The number of aryl methyl sites for hydroxylation is 1. The smallest absolute Gasteiger partial charge is 0.257 e. The van der Waals surface area contributed by atoms with Crippen LogP contribution in [0.3, 0.4) is 0 Å². The van der Waals surface area contributed by atoms with Gasteiger partial charge in [-0.2, -0.15) is 0 Å². The maximum atomic E-state index is 13.2. The minimum Gasteiger partial charge on any atom is -0.469 e. The summed E-state index contributed by atoms with van der Waals surface area (Å²) in [5.74, 6) is 1.75. The van der Waals surface area contributed by atoms with Crippen LogP contribution in [-0.4, -0.2) is 80.6 Å². The summed E-state index contributed by atoms with van der Waals surface area (Å²) in [6, 6.07) is 14.7. The lowest BCUT2D eigenvalue weighted by atomic mass is 9.98. The summed E-state index contributed by atoms with van der Waals surface area (Å²) in [5, 5.41) is 0. The molecule has 0 aliphatic carbocycles. The van der Waals surface area contributed by atoms with E-state index in [9.17, 15) is 13.2 Å². The van der Waals surface area contributed by atoms with Gasteiger partial charge in [0.15, 0.2) is 11.5 Å². The van der Waals surface area contributed by atoms with Crippen molar-refractivity contribution in [2.45, 2.75) is 61.5 Å². The van der Waals surface area contributed by atoms with E-state index in [1.165, 1.54) is 6.07 Å². The first-order chi connectivity index (χ1) is 19.7. The molecule has 2 saturated heterocycles. The topological polar surface area (TPSA) is 92.5 Å². The molecular formula is C31H37N3O6S. The Balaban J connectivity index is 1.05. The molecule has 2 atom stereocenters. The molecule has 1 amide bonds. The van der Waals surface area contributed by atoms with Crippen molar-refractivity contribution >= 4 is 15.7 Å². The molecule has 3 aromatic rings. The van der Waals surface area contributed by atoms with Gasteiger partial charge in [0.2, 0.25) is 16.6 Å². The van der Waals surface area contributed by atoms with Crippen molar-refractivity contribution in [3.05, 3.63) is 71.7 Å². The van der Waals surface area contributed by atoms with Crippen molar-refractivity contribution in [1.82, 2.24) is 14.7 Å². The summed E-state index contributed by atoms with van der Waals surface area (Å²) < 4.78 is 42.5. The first-order valence-electron chi connectivity index (χ1n) is 14.3. The van der Waals surface area contributed by atoms with E-state index in [1.54, 1.807) is 36.6 Å². The summed E-state index contributed by atoms with van der Waals surface area (Å²) >= 11 is 0. The van der Waals surface area contributed by atoms with Gasteiger partial charge in [-0.1, -0.05) is 12.1 Å². The van der Waals surface area contributed by atoms with Crippen LogP contribution in [0.5, 0.6) is 11.5 Å². The predicted octanol–water partition coefficient (Wildman–Crippen LogP) is 4.52. The fourth-order valence-corrected chi connectivity index (χ4v) is 7.69. The Kier molecular flexibility index (Phi) is 7.56. The highest BCUT2D eigenvalue weighted by molar-refractivity contribution is 7.91. The largest absolute Gasteiger partial charge is 0.469 e. The molecule has 218 valence electrons. The summed E-state index contributed by atoms with van der Waals surface area (Å²) in [6.07, 6.45) is 3.53. The Morgan fingerprint density at radius 3 is 2.32 bits per heavy atom. The number of carbonyl (C=O) groups excluding carboxylic acids is 1. The number of benzene rings is 2. The first kappa shape index (κ1) is 27.8.